The minimum absolute atomic E-state index is 0.370. The smallest absolute Gasteiger partial charge is 0.0358 e. The minimum atomic E-state index is 0.370. The van der Waals surface area contributed by atoms with Crippen molar-refractivity contribution in [3.8, 4) is 0 Å². The first kappa shape index (κ1) is 14.5. The lowest BCUT2D eigenvalue weighted by molar-refractivity contribution is 0.589. The molecule has 0 amide bonds. The number of benzene rings is 2. The summed E-state index contributed by atoms with van der Waals surface area (Å²) in [4.78, 5) is 0. The number of halogens is 1. The van der Waals surface area contributed by atoms with Crippen LogP contribution in [0, 0.1) is 17.4 Å². The van der Waals surface area contributed by atoms with Crippen LogP contribution in [-0.2, 0) is 6.42 Å². The van der Waals surface area contributed by atoms with Crippen LogP contribution in [0.4, 0.5) is 0 Å². The fraction of sp³-hybridized carbons (Fsp3) is 0.294. The molecule has 0 saturated carbocycles. The fourth-order valence-corrected chi connectivity index (χ4v) is 3.05. The molecule has 0 aliphatic carbocycles. The molecule has 0 aromatic heterocycles. The number of hydrogen-bond acceptors (Lipinski definition) is 1. The van der Waals surface area contributed by atoms with Crippen LogP contribution in [0.25, 0.3) is 0 Å². The van der Waals surface area contributed by atoms with Crippen LogP contribution in [0.1, 0.15) is 28.3 Å². The molecular formula is C17H20IN. The third-order valence-electron chi connectivity index (χ3n) is 3.65. The SMILES string of the molecule is CNC(Cc1c(C)cccc1C)c1cccc(I)c1. The second-order valence-corrected chi connectivity index (χ2v) is 6.22. The largest absolute Gasteiger partial charge is 0.313 e. The van der Waals surface area contributed by atoms with E-state index in [0.717, 1.165) is 6.42 Å². The van der Waals surface area contributed by atoms with Gasteiger partial charge < -0.3 is 5.32 Å². The first-order valence-electron chi connectivity index (χ1n) is 6.59. The topological polar surface area (TPSA) is 12.0 Å². The van der Waals surface area contributed by atoms with Gasteiger partial charge in [-0.1, -0.05) is 30.3 Å². The molecule has 0 saturated heterocycles. The third kappa shape index (κ3) is 3.57. The van der Waals surface area contributed by atoms with Crippen molar-refractivity contribution < 1.29 is 0 Å². The summed E-state index contributed by atoms with van der Waals surface area (Å²) in [5.41, 5.74) is 5.58. The summed E-state index contributed by atoms with van der Waals surface area (Å²) >= 11 is 2.37. The molecule has 2 heteroatoms. The third-order valence-corrected chi connectivity index (χ3v) is 4.32. The van der Waals surface area contributed by atoms with E-state index in [1.165, 1.54) is 25.8 Å². The monoisotopic (exact) mass is 365 g/mol. The highest BCUT2D eigenvalue weighted by molar-refractivity contribution is 14.1. The second kappa shape index (κ2) is 6.53. The van der Waals surface area contributed by atoms with Gasteiger partial charge in [0.15, 0.2) is 0 Å². The summed E-state index contributed by atoms with van der Waals surface area (Å²) in [7, 11) is 2.04. The molecule has 0 bridgehead atoms. The van der Waals surface area contributed by atoms with Crippen LogP contribution in [0.3, 0.4) is 0 Å². The first-order chi connectivity index (χ1) is 9.11. The van der Waals surface area contributed by atoms with E-state index in [4.69, 9.17) is 0 Å². The van der Waals surface area contributed by atoms with Crippen molar-refractivity contribution in [3.05, 3.63) is 68.3 Å². The van der Waals surface area contributed by atoms with Gasteiger partial charge in [0.1, 0.15) is 0 Å². The van der Waals surface area contributed by atoms with E-state index in [-0.39, 0.29) is 0 Å². The molecular weight excluding hydrogens is 345 g/mol. The van der Waals surface area contributed by atoms with E-state index in [2.05, 4.69) is 84.2 Å². The van der Waals surface area contributed by atoms with Crippen LogP contribution in [0.15, 0.2) is 42.5 Å². The van der Waals surface area contributed by atoms with Gasteiger partial charge in [-0.2, -0.15) is 0 Å². The summed E-state index contributed by atoms with van der Waals surface area (Å²) in [6, 6.07) is 15.6. The Hall–Kier alpha value is -0.870. The lowest BCUT2D eigenvalue weighted by atomic mass is 9.93. The highest BCUT2D eigenvalue weighted by Gasteiger charge is 2.13. The van der Waals surface area contributed by atoms with Gasteiger partial charge in [-0.25, -0.2) is 0 Å². The van der Waals surface area contributed by atoms with Crippen molar-refractivity contribution in [1.29, 1.82) is 0 Å². The number of rotatable bonds is 4. The number of aryl methyl sites for hydroxylation is 2. The molecule has 0 heterocycles. The molecule has 100 valence electrons. The summed E-state index contributed by atoms with van der Waals surface area (Å²) < 4.78 is 1.29. The molecule has 1 N–H and O–H groups in total. The van der Waals surface area contributed by atoms with Crippen molar-refractivity contribution in [3.63, 3.8) is 0 Å². The zero-order chi connectivity index (χ0) is 13.8. The predicted octanol–water partition coefficient (Wildman–Crippen LogP) is 4.41. The molecule has 1 unspecified atom stereocenters. The highest BCUT2D eigenvalue weighted by Crippen LogP contribution is 2.23. The summed E-state index contributed by atoms with van der Waals surface area (Å²) in [6.45, 7) is 4.40. The van der Waals surface area contributed by atoms with Crippen LogP contribution in [0.2, 0.25) is 0 Å². The molecule has 2 rings (SSSR count). The predicted molar refractivity (Wildman–Crippen MR) is 90.6 cm³/mol. The van der Waals surface area contributed by atoms with Gasteiger partial charge in [0.2, 0.25) is 0 Å². The average Bonchev–Trinajstić information content (AvgIpc) is 2.38. The zero-order valence-corrected chi connectivity index (χ0v) is 13.9. The number of nitrogens with one attached hydrogen (secondary N) is 1. The number of hydrogen-bond donors (Lipinski definition) is 1. The van der Waals surface area contributed by atoms with Crippen LogP contribution >= 0.6 is 22.6 Å². The van der Waals surface area contributed by atoms with E-state index < -0.39 is 0 Å². The zero-order valence-electron chi connectivity index (χ0n) is 11.7. The maximum atomic E-state index is 3.45. The van der Waals surface area contributed by atoms with Crippen molar-refractivity contribution in [2.24, 2.45) is 0 Å². The van der Waals surface area contributed by atoms with Gasteiger partial charge in [0.25, 0.3) is 0 Å². The van der Waals surface area contributed by atoms with Gasteiger partial charge >= 0.3 is 0 Å². The van der Waals surface area contributed by atoms with Crippen LogP contribution in [0.5, 0.6) is 0 Å². The summed E-state index contributed by atoms with van der Waals surface area (Å²) in [6.07, 6.45) is 1.04. The van der Waals surface area contributed by atoms with Crippen molar-refractivity contribution in [1.82, 2.24) is 5.32 Å². The van der Waals surface area contributed by atoms with E-state index in [0.29, 0.717) is 6.04 Å². The first-order valence-corrected chi connectivity index (χ1v) is 7.67. The molecule has 2 aromatic rings. The van der Waals surface area contributed by atoms with Crippen molar-refractivity contribution >= 4 is 22.6 Å². The maximum Gasteiger partial charge on any atom is 0.0358 e. The van der Waals surface area contributed by atoms with Crippen LogP contribution in [-0.4, -0.2) is 7.05 Å². The Balaban J connectivity index is 2.29. The quantitative estimate of drug-likeness (QED) is 0.792. The number of likely N-dealkylation sites (N-methyl/N-ethyl adjacent to an activating group) is 1. The molecule has 0 spiro atoms. The van der Waals surface area contributed by atoms with Gasteiger partial charge in [0, 0.05) is 9.61 Å². The Morgan fingerprint density at radius 1 is 1.05 bits per heavy atom. The molecule has 0 aliphatic rings. The average molecular weight is 365 g/mol. The molecule has 0 aliphatic heterocycles. The highest BCUT2D eigenvalue weighted by atomic mass is 127. The Morgan fingerprint density at radius 3 is 2.26 bits per heavy atom. The lowest BCUT2D eigenvalue weighted by Crippen LogP contribution is -2.19. The molecule has 0 fully saturated rings. The van der Waals surface area contributed by atoms with Gasteiger partial charge in [0.05, 0.1) is 0 Å². The Labute approximate surface area is 129 Å². The normalized spacial score (nSPS) is 12.4. The Kier molecular flexibility index (Phi) is 4.99. The summed E-state index contributed by atoms with van der Waals surface area (Å²) in [5.74, 6) is 0. The van der Waals surface area contributed by atoms with Crippen molar-refractivity contribution in [2.75, 3.05) is 7.05 Å². The van der Waals surface area contributed by atoms with E-state index in [1.807, 2.05) is 7.05 Å². The minimum Gasteiger partial charge on any atom is -0.313 e. The van der Waals surface area contributed by atoms with Crippen LogP contribution < -0.4 is 5.32 Å². The van der Waals surface area contributed by atoms with E-state index >= 15 is 0 Å². The molecule has 2 aromatic carbocycles. The Bertz CT molecular complexity index is 543. The fourth-order valence-electron chi connectivity index (χ4n) is 2.48. The standard InChI is InChI=1S/C17H20IN/c1-12-6-4-7-13(2)16(12)11-17(19-3)14-8-5-9-15(18)10-14/h4-10,17,19H,11H2,1-3H3. The molecule has 19 heavy (non-hydrogen) atoms. The summed E-state index contributed by atoms with van der Waals surface area (Å²) in [5, 5.41) is 3.45. The maximum absolute atomic E-state index is 3.45. The molecule has 1 atom stereocenters. The second-order valence-electron chi connectivity index (χ2n) is 4.97. The molecule has 1 nitrogen and oxygen atoms in total. The Morgan fingerprint density at radius 2 is 1.68 bits per heavy atom. The van der Waals surface area contributed by atoms with E-state index in [9.17, 15) is 0 Å². The molecule has 0 radical (unpaired) electrons. The van der Waals surface area contributed by atoms with E-state index in [1.54, 1.807) is 0 Å². The lowest BCUT2D eigenvalue weighted by Gasteiger charge is -2.20. The van der Waals surface area contributed by atoms with Gasteiger partial charge in [-0.15, -0.1) is 0 Å². The van der Waals surface area contributed by atoms with Gasteiger partial charge in [-0.3, -0.25) is 0 Å². The van der Waals surface area contributed by atoms with Crippen molar-refractivity contribution in [2.45, 2.75) is 26.3 Å². The van der Waals surface area contributed by atoms with Gasteiger partial charge in [-0.05, 0) is 84.3 Å².